The third-order valence-corrected chi connectivity index (χ3v) is 6.03. The maximum Gasteiger partial charge on any atom is 0.242 e. The number of pyridine rings is 1. The second kappa shape index (κ2) is 5.68. The van der Waals surface area contributed by atoms with Crippen LogP contribution < -0.4 is 10.0 Å². The van der Waals surface area contributed by atoms with Crippen LogP contribution in [0.5, 0.6) is 0 Å². The van der Waals surface area contributed by atoms with Crippen LogP contribution in [0.2, 0.25) is 0 Å². The summed E-state index contributed by atoms with van der Waals surface area (Å²) in [6.45, 7) is 3.21. The minimum atomic E-state index is -3.45. The average Bonchev–Trinajstić information content (AvgIpc) is 3.18. The average molecular weight is 301 g/mol. The maximum absolute atomic E-state index is 12.1. The van der Waals surface area contributed by atoms with Crippen molar-refractivity contribution in [2.75, 3.05) is 24.7 Å². The summed E-state index contributed by atoms with van der Waals surface area (Å²) in [5, 5.41) is 3.03. The van der Waals surface area contributed by atoms with Crippen molar-refractivity contribution >= 4 is 27.6 Å². The SMILES string of the molecule is CCNc1ccc(S(=O)(=O)NCC2(SC)CC2)cn1. The highest BCUT2D eigenvalue weighted by Crippen LogP contribution is 2.46. The van der Waals surface area contributed by atoms with Crippen molar-refractivity contribution < 1.29 is 8.42 Å². The monoisotopic (exact) mass is 301 g/mol. The van der Waals surface area contributed by atoms with Gasteiger partial charge in [-0.1, -0.05) is 0 Å². The molecule has 106 valence electrons. The Balaban J connectivity index is 2.02. The molecular formula is C12H19N3O2S2. The molecule has 1 saturated carbocycles. The molecule has 0 aromatic carbocycles. The van der Waals surface area contributed by atoms with Gasteiger partial charge < -0.3 is 5.32 Å². The Bertz CT molecular complexity index is 524. The predicted molar refractivity (Wildman–Crippen MR) is 79.1 cm³/mol. The first-order valence-electron chi connectivity index (χ1n) is 6.26. The van der Waals surface area contributed by atoms with Gasteiger partial charge in [0.05, 0.1) is 0 Å². The van der Waals surface area contributed by atoms with E-state index in [-0.39, 0.29) is 9.64 Å². The van der Waals surface area contributed by atoms with Gasteiger partial charge in [0, 0.05) is 24.0 Å². The first-order valence-corrected chi connectivity index (χ1v) is 8.97. The Hall–Kier alpha value is -0.790. The first kappa shape index (κ1) is 14.6. The largest absolute Gasteiger partial charge is 0.370 e. The molecule has 1 aromatic rings. The zero-order chi connectivity index (χ0) is 13.9. The second-order valence-electron chi connectivity index (χ2n) is 4.62. The van der Waals surface area contributed by atoms with E-state index in [1.807, 2.05) is 13.2 Å². The molecule has 0 aliphatic heterocycles. The summed E-state index contributed by atoms with van der Waals surface area (Å²) in [5.74, 6) is 0.684. The molecule has 0 amide bonds. The molecule has 0 radical (unpaired) electrons. The van der Waals surface area contributed by atoms with Crippen molar-refractivity contribution in [1.82, 2.24) is 9.71 Å². The van der Waals surface area contributed by atoms with E-state index < -0.39 is 10.0 Å². The number of sulfonamides is 1. The summed E-state index contributed by atoms with van der Waals surface area (Å²) in [5.41, 5.74) is 0. The van der Waals surface area contributed by atoms with Crippen LogP contribution in [-0.4, -0.2) is 37.5 Å². The Morgan fingerprint density at radius 2 is 2.16 bits per heavy atom. The quantitative estimate of drug-likeness (QED) is 0.802. The van der Waals surface area contributed by atoms with E-state index in [1.54, 1.807) is 23.9 Å². The van der Waals surface area contributed by atoms with E-state index in [0.717, 1.165) is 19.4 Å². The number of nitrogens with one attached hydrogen (secondary N) is 2. The van der Waals surface area contributed by atoms with E-state index in [1.165, 1.54) is 6.20 Å². The molecule has 1 aliphatic carbocycles. The molecular weight excluding hydrogens is 282 g/mol. The standard InChI is InChI=1S/C12H19N3O2S2/c1-3-13-11-5-4-10(8-14-11)19(16,17)15-9-12(18-2)6-7-12/h4-5,8,15H,3,6-7,9H2,1-2H3,(H,13,14). The summed E-state index contributed by atoms with van der Waals surface area (Å²) in [4.78, 5) is 4.29. The number of nitrogens with zero attached hydrogens (tertiary/aromatic N) is 1. The third-order valence-electron chi connectivity index (χ3n) is 3.23. The molecule has 2 N–H and O–H groups in total. The highest BCUT2D eigenvalue weighted by molar-refractivity contribution is 8.00. The van der Waals surface area contributed by atoms with Gasteiger partial charge in [0.25, 0.3) is 0 Å². The third kappa shape index (κ3) is 3.61. The highest BCUT2D eigenvalue weighted by Gasteiger charge is 2.42. The number of hydrogen-bond acceptors (Lipinski definition) is 5. The fourth-order valence-electron chi connectivity index (χ4n) is 1.73. The van der Waals surface area contributed by atoms with E-state index in [0.29, 0.717) is 12.4 Å². The Morgan fingerprint density at radius 3 is 2.63 bits per heavy atom. The first-order chi connectivity index (χ1) is 9.01. The van der Waals surface area contributed by atoms with Gasteiger partial charge in [-0.2, -0.15) is 11.8 Å². The van der Waals surface area contributed by atoms with Crippen LogP contribution >= 0.6 is 11.8 Å². The lowest BCUT2D eigenvalue weighted by Gasteiger charge is -2.13. The van der Waals surface area contributed by atoms with Crippen molar-refractivity contribution in [1.29, 1.82) is 0 Å². The minimum Gasteiger partial charge on any atom is -0.370 e. The number of thioether (sulfide) groups is 1. The number of hydrogen-bond donors (Lipinski definition) is 2. The summed E-state index contributed by atoms with van der Waals surface area (Å²) in [6.07, 6.45) is 5.57. The number of rotatable bonds is 7. The van der Waals surface area contributed by atoms with Crippen molar-refractivity contribution in [3.05, 3.63) is 18.3 Å². The molecule has 2 rings (SSSR count). The topological polar surface area (TPSA) is 71.1 Å². The Kier molecular flexibility index (Phi) is 4.37. The highest BCUT2D eigenvalue weighted by atomic mass is 32.2. The predicted octanol–water partition coefficient (Wildman–Crippen LogP) is 1.69. The van der Waals surface area contributed by atoms with Crippen LogP contribution in [0.3, 0.4) is 0 Å². The van der Waals surface area contributed by atoms with Gasteiger partial charge in [0.15, 0.2) is 0 Å². The van der Waals surface area contributed by atoms with E-state index in [2.05, 4.69) is 15.0 Å². The maximum atomic E-state index is 12.1. The molecule has 5 nitrogen and oxygen atoms in total. The van der Waals surface area contributed by atoms with E-state index in [9.17, 15) is 8.42 Å². The van der Waals surface area contributed by atoms with Crippen molar-refractivity contribution in [2.45, 2.75) is 29.4 Å². The van der Waals surface area contributed by atoms with Crippen LogP contribution in [-0.2, 0) is 10.0 Å². The van der Waals surface area contributed by atoms with Crippen LogP contribution in [0.4, 0.5) is 5.82 Å². The molecule has 0 atom stereocenters. The Morgan fingerprint density at radius 1 is 1.42 bits per heavy atom. The molecule has 0 bridgehead atoms. The normalized spacial score (nSPS) is 17.2. The van der Waals surface area contributed by atoms with Gasteiger partial charge in [0.1, 0.15) is 10.7 Å². The molecule has 0 spiro atoms. The summed E-state index contributed by atoms with van der Waals surface area (Å²) >= 11 is 1.73. The Labute approximate surface area is 118 Å². The van der Waals surface area contributed by atoms with Gasteiger partial charge in [-0.25, -0.2) is 18.1 Å². The summed E-state index contributed by atoms with van der Waals surface area (Å²) < 4.78 is 27.0. The number of anilines is 1. The van der Waals surface area contributed by atoms with Crippen molar-refractivity contribution in [2.24, 2.45) is 0 Å². The fourth-order valence-corrected chi connectivity index (χ4v) is 3.62. The van der Waals surface area contributed by atoms with Crippen molar-refractivity contribution in [3.63, 3.8) is 0 Å². The molecule has 0 unspecified atom stereocenters. The molecule has 0 saturated heterocycles. The van der Waals surface area contributed by atoms with E-state index in [4.69, 9.17) is 0 Å². The van der Waals surface area contributed by atoms with E-state index >= 15 is 0 Å². The smallest absolute Gasteiger partial charge is 0.242 e. The zero-order valence-electron chi connectivity index (χ0n) is 11.1. The van der Waals surface area contributed by atoms with Crippen LogP contribution in [0.25, 0.3) is 0 Å². The molecule has 1 aliphatic rings. The molecule has 1 fully saturated rings. The molecule has 1 heterocycles. The second-order valence-corrected chi connectivity index (χ2v) is 7.66. The number of aromatic nitrogens is 1. The van der Waals surface area contributed by atoms with Crippen molar-refractivity contribution in [3.8, 4) is 0 Å². The minimum absolute atomic E-state index is 0.115. The fraction of sp³-hybridized carbons (Fsp3) is 0.583. The molecule has 1 aromatic heterocycles. The lowest BCUT2D eigenvalue weighted by atomic mass is 10.4. The van der Waals surface area contributed by atoms with Gasteiger partial charge in [-0.3, -0.25) is 0 Å². The van der Waals surface area contributed by atoms with Crippen LogP contribution in [0.1, 0.15) is 19.8 Å². The molecule has 19 heavy (non-hydrogen) atoms. The van der Waals surface area contributed by atoms with Gasteiger partial charge in [-0.15, -0.1) is 0 Å². The van der Waals surface area contributed by atoms with Crippen LogP contribution in [0.15, 0.2) is 23.2 Å². The van der Waals surface area contributed by atoms with Gasteiger partial charge in [-0.05, 0) is 38.2 Å². The zero-order valence-corrected chi connectivity index (χ0v) is 12.8. The lowest BCUT2D eigenvalue weighted by Crippen LogP contribution is -2.31. The van der Waals surface area contributed by atoms with Gasteiger partial charge >= 0.3 is 0 Å². The summed E-state index contributed by atoms with van der Waals surface area (Å²) in [7, 11) is -3.45. The lowest BCUT2D eigenvalue weighted by molar-refractivity contribution is 0.579. The van der Waals surface area contributed by atoms with Crippen LogP contribution in [0, 0.1) is 0 Å². The van der Waals surface area contributed by atoms with Gasteiger partial charge in [0.2, 0.25) is 10.0 Å². The summed E-state index contributed by atoms with van der Waals surface area (Å²) in [6, 6.07) is 3.26. The molecule has 7 heteroatoms.